The number of carbonyl (C=O) groups excluding carboxylic acids is 1. The van der Waals surface area contributed by atoms with E-state index in [-0.39, 0.29) is 5.91 Å². The normalized spacial score (nSPS) is 11.0. The highest BCUT2D eigenvalue weighted by atomic mass is 32.1. The second-order valence-electron chi connectivity index (χ2n) is 5.09. The number of nitrogens with zero attached hydrogens (tertiary/aromatic N) is 4. The zero-order valence-corrected chi connectivity index (χ0v) is 13.5. The number of hydrogen-bond acceptors (Lipinski definition) is 5. The molecule has 6 nitrogen and oxygen atoms in total. The molecule has 114 valence electrons. The molecule has 21 heavy (non-hydrogen) atoms. The summed E-state index contributed by atoms with van der Waals surface area (Å²) in [5, 5.41) is 9.72. The van der Waals surface area contributed by atoms with E-state index in [1.807, 2.05) is 24.0 Å². The number of aromatic nitrogens is 3. The quantitative estimate of drug-likeness (QED) is 0.849. The highest BCUT2D eigenvalue weighted by molar-refractivity contribution is 7.13. The van der Waals surface area contributed by atoms with Crippen molar-refractivity contribution in [1.29, 1.82) is 0 Å². The zero-order chi connectivity index (χ0) is 15.2. The lowest BCUT2D eigenvalue weighted by atomic mass is 10.3. The van der Waals surface area contributed by atoms with Gasteiger partial charge in [0.2, 0.25) is 5.91 Å². The number of hydrogen-bond donors (Lipinski definition) is 1. The zero-order valence-electron chi connectivity index (χ0n) is 12.7. The largest absolute Gasteiger partial charge is 0.304 e. The third kappa shape index (κ3) is 4.95. The fraction of sp³-hybridized carbons (Fsp3) is 0.500. The first-order valence-electron chi connectivity index (χ1n) is 6.93. The number of carbonyl (C=O) groups is 1. The van der Waals surface area contributed by atoms with Crippen LogP contribution in [0.1, 0.15) is 17.8 Å². The van der Waals surface area contributed by atoms with Crippen LogP contribution in [0.15, 0.2) is 17.6 Å². The van der Waals surface area contributed by atoms with Crippen LogP contribution in [0.3, 0.4) is 0 Å². The Kier molecular flexibility index (Phi) is 5.46. The first-order chi connectivity index (χ1) is 10.0. The summed E-state index contributed by atoms with van der Waals surface area (Å²) in [6, 6.07) is 2.07. The number of amides is 1. The van der Waals surface area contributed by atoms with Gasteiger partial charge < -0.3 is 10.2 Å². The van der Waals surface area contributed by atoms with Crippen LogP contribution in [0, 0.1) is 13.8 Å². The van der Waals surface area contributed by atoms with Crippen LogP contribution in [0.4, 0.5) is 5.13 Å². The number of anilines is 1. The van der Waals surface area contributed by atoms with Gasteiger partial charge in [-0.2, -0.15) is 5.10 Å². The van der Waals surface area contributed by atoms with Crippen molar-refractivity contribution in [2.45, 2.75) is 26.8 Å². The lowest BCUT2D eigenvalue weighted by molar-refractivity contribution is -0.116. The van der Waals surface area contributed by atoms with E-state index >= 15 is 0 Å². The van der Waals surface area contributed by atoms with Crippen molar-refractivity contribution in [1.82, 2.24) is 19.7 Å². The summed E-state index contributed by atoms with van der Waals surface area (Å²) >= 11 is 1.43. The summed E-state index contributed by atoms with van der Waals surface area (Å²) in [5.74, 6) is 0.00270. The fourth-order valence-corrected chi connectivity index (χ4v) is 2.58. The molecule has 0 saturated heterocycles. The lowest BCUT2D eigenvalue weighted by Crippen LogP contribution is -2.28. The van der Waals surface area contributed by atoms with Crippen molar-refractivity contribution in [3.63, 3.8) is 0 Å². The molecule has 0 aliphatic heterocycles. The lowest BCUT2D eigenvalue weighted by Gasteiger charge is -2.16. The molecule has 0 aliphatic carbocycles. The van der Waals surface area contributed by atoms with Gasteiger partial charge in [-0.25, -0.2) is 4.98 Å². The predicted molar refractivity (Wildman–Crippen MR) is 84.6 cm³/mol. The van der Waals surface area contributed by atoms with Gasteiger partial charge in [0, 0.05) is 36.8 Å². The molecule has 7 heteroatoms. The van der Waals surface area contributed by atoms with E-state index in [0.29, 0.717) is 11.6 Å². The molecule has 0 fully saturated rings. The van der Waals surface area contributed by atoms with E-state index < -0.39 is 0 Å². The second-order valence-corrected chi connectivity index (χ2v) is 5.98. The Morgan fingerprint density at radius 2 is 2.24 bits per heavy atom. The minimum atomic E-state index is 0.00270. The van der Waals surface area contributed by atoms with Gasteiger partial charge in [-0.05, 0) is 27.0 Å². The molecule has 0 bridgehead atoms. The van der Waals surface area contributed by atoms with Gasteiger partial charge in [-0.15, -0.1) is 11.3 Å². The van der Waals surface area contributed by atoms with Crippen molar-refractivity contribution in [3.05, 3.63) is 29.0 Å². The van der Waals surface area contributed by atoms with Gasteiger partial charge in [0.05, 0.1) is 12.2 Å². The molecule has 1 N–H and O–H groups in total. The average Bonchev–Trinajstić information content (AvgIpc) is 3.04. The topological polar surface area (TPSA) is 63.1 Å². The van der Waals surface area contributed by atoms with E-state index in [0.717, 1.165) is 25.3 Å². The third-order valence-corrected chi connectivity index (χ3v) is 3.88. The number of rotatable bonds is 7. The van der Waals surface area contributed by atoms with Crippen LogP contribution in [-0.4, -0.2) is 45.7 Å². The Labute approximate surface area is 128 Å². The molecule has 0 atom stereocenters. The molecule has 0 unspecified atom stereocenters. The van der Waals surface area contributed by atoms with Crippen LogP contribution >= 0.6 is 11.3 Å². The van der Waals surface area contributed by atoms with Crippen molar-refractivity contribution in [2.24, 2.45) is 0 Å². The van der Waals surface area contributed by atoms with E-state index in [9.17, 15) is 4.79 Å². The monoisotopic (exact) mass is 307 g/mol. The van der Waals surface area contributed by atoms with E-state index in [4.69, 9.17) is 0 Å². The molecule has 2 aromatic heterocycles. The number of likely N-dealkylation sites (N-methyl/N-ethyl adjacent to an activating group) is 1. The van der Waals surface area contributed by atoms with Gasteiger partial charge in [-0.1, -0.05) is 0 Å². The van der Waals surface area contributed by atoms with Gasteiger partial charge in [0.1, 0.15) is 0 Å². The van der Waals surface area contributed by atoms with Gasteiger partial charge in [0.15, 0.2) is 5.13 Å². The molecule has 0 aromatic carbocycles. The average molecular weight is 307 g/mol. The number of nitrogens with one attached hydrogen (secondary N) is 1. The first-order valence-corrected chi connectivity index (χ1v) is 7.81. The minimum Gasteiger partial charge on any atom is -0.304 e. The van der Waals surface area contributed by atoms with E-state index in [1.54, 1.807) is 6.20 Å². The molecule has 1 amide bonds. The van der Waals surface area contributed by atoms with Crippen LogP contribution in [0.5, 0.6) is 0 Å². The molecular weight excluding hydrogens is 286 g/mol. The van der Waals surface area contributed by atoms with Gasteiger partial charge >= 0.3 is 0 Å². The van der Waals surface area contributed by atoms with Crippen molar-refractivity contribution in [3.8, 4) is 0 Å². The summed E-state index contributed by atoms with van der Waals surface area (Å²) in [6.45, 7) is 6.48. The molecular formula is C14H21N5OS. The van der Waals surface area contributed by atoms with Crippen molar-refractivity contribution in [2.75, 3.05) is 25.5 Å². The summed E-state index contributed by atoms with van der Waals surface area (Å²) in [5.41, 5.74) is 2.21. The molecule has 0 aliphatic rings. The van der Waals surface area contributed by atoms with Gasteiger partial charge in [-0.3, -0.25) is 9.48 Å². The van der Waals surface area contributed by atoms with Crippen LogP contribution in [0.2, 0.25) is 0 Å². The Morgan fingerprint density at radius 1 is 1.43 bits per heavy atom. The molecule has 0 saturated carbocycles. The summed E-state index contributed by atoms with van der Waals surface area (Å²) in [6.07, 6.45) is 2.15. The smallest absolute Gasteiger partial charge is 0.227 e. The summed E-state index contributed by atoms with van der Waals surface area (Å²) in [7, 11) is 2.02. The Hall–Kier alpha value is -1.73. The van der Waals surface area contributed by atoms with Crippen LogP contribution in [0.25, 0.3) is 0 Å². The van der Waals surface area contributed by atoms with Crippen molar-refractivity contribution >= 4 is 22.4 Å². The molecule has 2 heterocycles. The van der Waals surface area contributed by atoms with Crippen molar-refractivity contribution < 1.29 is 4.79 Å². The minimum absolute atomic E-state index is 0.00270. The molecule has 2 aromatic rings. The molecule has 0 radical (unpaired) electrons. The predicted octanol–water partition coefficient (Wildman–Crippen LogP) is 1.92. The Morgan fingerprint density at radius 3 is 2.86 bits per heavy atom. The maximum atomic E-state index is 11.8. The van der Waals surface area contributed by atoms with E-state index in [1.165, 1.54) is 17.0 Å². The highest BCUT2D eigenvalue weighted by Crippen LogP contribution is 2.10. The molecule has 2 rings (SSSR count). The van der Waals surface area contributed by atoms with E-state index in [2.05, 4.69) is 33.3 Å². The maximum absolute atomic E-state index is 11.8. The summed E-state index contributed by atoms with van der Waals surface area (Å²) in [4.78, 5) is 17.9. The standard InChI is InChI=1S/C14H21N5OS/c1-11-10-12(2)19(17-11)8-7-18(3)6-4-13(20)16-14-15-5-9-21-14/h5,9-10H,4,6-8H2,1-3H3,(H,15,16,20). The highest BCUT2D eigenvalue weighted by Gasteiger charge is 2.07. The third-order valence-electron chi connectivity index (χ3n) is 3.20. The number of aryl methyl sites for hydroxylation is 2. The Balaban J connectivity index is 1.68. The number of thiazole rings is 1. The fourth-order valence-electron chi connectivity index (χ4n) is 2.04. The SMILES string of the molecule is Cc1cc(C)n(CCN(C)CCC(=O)Nc2nccs2)n1. The maximum Gasteiger partial charge on any atom is 0.227 e. The van der Waals surface area contributed by atoms with Crippen LogP contribution in [-0.2, 0) is 11.3 Å². The first kappa shape index (κ1) is 15.7. The summed E-state index contributed by atoms with van der Waals surface area (Å²) < 4.78 is 2.00. The Bertz CT molecular complexity index is 578. The second kappa shape index (κ2) is 7.33. The molecule has 0 spiro atoms. The van der Waals surface area contributed by atoms with Crippen LogP contribution < -0.4 is 5.32 Å². The van der Waals surface area contributed by atoms with Gasteiger partial charge in [0.25, 0.3) is 0 Å².